The molecule has 0 aliphatic heterocycles. The molecule has 1 aromatic carbocycles. The molecule has 0 atom stereocenters. The second-order valence-corrected chi connectivity index (χ2v) is 4.48. The Kier molecular flexibility index (Phi) is 3.70. The second kappa shape index (κ2) is 5.43. The highest BCUT2D eigenvalue weighted by Crippen LogP contribution is 2.19. The number of benzene rings is 1. The molecule has 1 heterocycles. The number of hydrogen-bond donors (Lipinski definition) is 1. The van der Waals surface area contributed by atoms with Crippen LogP contribution < -0.4 is 5.32 Å². The van der Waals surface area contributed by atoms with E-state index in [0.717, 1.165) is 23.4 Å². The van der Waals surface area contributed by atoms with Crippen molar-refractivity contribution in [1.82, 2.24) is 9.97 Å². The lowest BCUT2D eigenvalue weighted by Gasteiger charge is -2.09. The van der Waals surface area contributed by atoms with E-state index in [0.29, 0.717) is 5.92 Å². The molecule has 0 amide bonds. The van der Waals surface area contributed by atoms with Crippen molar-refractivity contribution in [3.8, 4) is 11.1 Å². The van der Waals surface area contributed by atoms with Crippen LogP contribution in [0.3, 0.4) is 0 Å². The highest BCUT2D eigenvalue weighted by Gasteiger charge is 1.98. The highest BCUT2D eigenvalue weighted by atomic mass is 14.9. The molecule has 2 aromatic rings. The van der Waals surface area contributed by atoms with Gasteiger partial charge in [0.2, 0.25) is 0 Å². The fourth-order valence-corrected chi connectivity index (χ4v) is 1.55. The zero-order chi connectivity index (χ0) is 12.1. The average Bonchev–Trinajstić information content (AvgIpc) is 2.38. The lowest BCUT2D eigenvalue weighted by atomic mass is 10.1. The smallest absolute Gasteiger partial charge is 0.115 e. The molecule has 0 saturated heterocycles. The van der Waals surface area contributed by atoms with Crippen molar-refractivity contribution in [2.24, 2.45) is 5.92 Å². The summed E-state index contributed by atoms with van der Waals surface area (Å²) in [5.74, 6) is 0.650. The fraction of sp³-hybridized carbons (Fsp3) is 0.286. The van der Waals surface area contributed by atoms with E-state index < -0.39 is 0 Å². The lowest BCUT2D eigenvalue weighted by molar-refractivity contribution is 0.689. The lowest BCUT2D eigenvalue weighted by Crippen LogP contribution is -2.07. The summed E-state index contributed by atoms with van der Waals surface area (Å²) < 4.78 is 0. The molecule has 0 saturated carbocycles. The van der Waals surface area contributed by atoms with Crippen molar-refractivity contribution < 1.29 is 0 Å². The van der Waals surface area contributed by atoms with Crippen LogP contribution in [0.25, 0.3) is 11.1 Å². The molecule has 2 rings (SSSR count). The second-order valence-electron chi connectivity index (χ2n) is 4.48. The van der Waals surface area contributed by atoms with Crippen molar-refractivity contribution >= 4 is 5.69 Å². The minimum absolute atomic E-state index is 0.650. The zero-order valence-electron chi connectivity index (χ0n) is 10.2. The standard InChI is InChI=1S/C14H17N3/c1-11(2)7-17-14-5-3-12(4-6-14)13-8-15-10-16-9-13/h3-6,8-11,17H,7H2,1-2H3. The topological polar surface area (TPSA) is 37.8 Å². The Labute approximate surface area is 102 Å². The highest BCUT2D eigenvalue weighted by molar-refractivity contribution is 5.64. The first-order valence-corrected chi connectivity index (χ1v) is 5.85. The van der Waals surface area contributed by atoms with Crippen LogP contribution in [0.1, 0.15) is 13.8 Å². The quantitative estimate of drug-likeness (QED) is 0.871. The monoisotopic (exact) mass is 227 g/mol. The van der Waals surface area contributed by atoms with Crippen LogP contribution in [0.4, 0.5) is 5.69 Å². The van der Waals surface area contributed by atoms with Crippen LogP contribution in [-0.4, -0.2) is 16.5 Å². The van der Waals surface area contributed by atoms with Crippen molar-refractivity contribution in [3.05, 3.63) is 43.0 Å². The third-order valence-corrected chi connectivity index (χ3v) is 2.49. The minimum atomic E-state index is 0.650. The molecular weight excluding hydrogens is 210 g/mol. The van der Waals surface area contributed by atoms with Crippen molar-refractivity contribution in [1.29, 1.82) is 0 Å². The van der Waals surface area contributed by atoms with Gasteiger partial charge in [0.25, 0.3) is 0 Å². The summed E-state index contributed by atoms with van der Waals surface area (Å²) in [7, 11) is 0. The summed E-state index contributed by atoms with van der Waals surface area (Å²) in [5.41, 5.74) is 3.34. The molecule has 17 heavy (non-hydrogen) atoms. The van der Waals surface area contributed by atoms with E-state index in [1.54, 1.807) is 6.33 Å². The molecule has 3 heteroatoms. The van der Waals surface area contributed by atoms with Crippen molar-refractivity contribution in [2.75, 3.05) is 11.9 Å². The van der Waals surface area contributed by atoms with Crippen molar-refractivity contribution in [2.45, 2.75) is 13.8 Å². The Balaban J connectivity index is 2.08. The molecule has 0 fully saturated rings. The molecule has 1 aromatic heterocycles. The number of anilines is 1. The summed E-state index contributed by atoms with van der Waals surface area (Å²) in [6, 6.07) is 8.35. The molecule has 1 N–H and O–H groups in total. The maximum Gasteiger partial charge on any atom is 0.115 e. The Hall–Kier alpha value is -1.90. The Morgan fingerprint density at radius 1 is 1.00 bits per heavy atom. The Morgan fingerprint density at radius 3 is 2.24 bits per heavy atom. The first-order valence-electron chi connectivity index (χ1n) is 5.85. The molecule has 0 spiro atoms. The van der Waals surface area contributed by atoms with Gasteiger partial charge in [0, 0.05) is 30.2 Å². The van der Waals surface area contributed by atoms with Gasteiger partial charge in [0.15, 0.2) is 0 Å². The molecule has 0 aliphatic rings. The van der Waals surface area contributed by atoms with E-state index in [1.165, 1.54) is 0 Å². The molecule has 3 nitrogen and oxygen atoms in total. The number of nitrogens with one attached hydrogen (secondary N) is 1. The van der Waals surface area contributed by atoms with Crippen LogP contribution in [-0.2, 0) is 0 Å². The van der Waals surface area contributed by atoms with E-state index in [-0.39, 0.29) is 0 Å². The van der Waals surface area contributed by atoms with Crippen LogP contribution in [0.5, 0.6) is 0 Å². The predicted molar refractivity (Wildman–Crippen MR) is 70.8 cm³/mol. The van der Waals surface area contributed by atoms with Gasteiger partial charge >= 0.3 is 0 Å². The molecule has 0 bridgehead atoms. The van der Waals surface area contributed by atoms with Crippen LogP contribution in [0.2, 0.25) is 0 Å². The van der Waals surface area contributed by atoms with E-state index in [1.807, 2.05) is 12.4 Å². The van der Waals surface area contributed by atoms with Gasteiger partial charge in [-0.25, -0.2) is 9.97 Å². The van der Waals surface area contributed by atoms with Crippen LogP contribution >= 0.6 is 0 Å². The zero-order valence-corrected chi connectivity index (χ0v) is 10.2. The Morgan fingerprint density at radius 2 is 1.65 bits per heavy atom. The van der Waals surface area contributed by atoms with Gasteiger partial charge in [-0.2, -0.15) is 0 Å². The Bertz CT molecular complexity index is 449. The number of hydrogen-bond acceptors (Lipinski definition) is 3. The maximum atomic E-state index is 4.02. The summed E-state index contributed by atoms with van der Waals surface area (Å²) in [4.78, 5) is 8.03. The van der Waals surface area contributed by atoms with E-state index in [2.05, 4.69) is 53.4 Å². The largest absolute Gasteiger partial charge is 0.385 e. The van der Waals surface area contributed by atoms with Crippen molar-refractivity contribution in [3.63, 3.8) is 0 Å². The van der Waals surface area contributed by atoms with Gasteiger partial charge in [-0.1, -0.05) is 26.0 Å². The molecule has 0 aliphatic carbocycles. The molecule has 88 valence electrons. The molecular formula is C14H17N3. The number of nitrogens with zero attached hydrogens (tertiary/aromatic N) is 2. The van der Waals surface area contributed by atoms with Gasteiger partial charge in [-0.05, 0) is 23.6 Å². The predicted octanol–water partition coefficient (Wildman–Crippen LogP) is 3.21. The minimum Gasteiger partial charge on any atom is -0.385 e. The summed E-state index contributed by atoms with van der Waals surface area (Å²) >= 11 is 0. The van der Waals surface area contributed by atoms with E-state index >= 15 is 0 Å². The van der Waals surface area contributed by atoms with Gasteiger partial charge in [0.1, 0.15) is 6.33 Å². The third kappa shape index (κ3) is 3.28. The van der Waals surface area contributed by atoms with Crippen LogP contribution in [0, 0.1) is 5.92 Å². The maximum absolute atomic E-state index is 4.02. The number of aromatic nitrogens is 2. The molecule has 0 radical (unpaired) electrons. The SMILES string of the molecule is CC(C)CNc1ccc(-c2cncnc2)cc1. The van der Waals surface area contributed by atoms with Gasteiger partial charge in [0.05, 0.1) is 0 Å². The normalized spacial score (nSPS) is 10.5. The summed E-state index contributed by atoms with van der Waals surface area (Å²) in [6.45, 7) is 5.39. The van der Waals surface area contributed by atoms with E-state index in [4.69, 9.17) is 0 Å². The molecule has 0 unspecified atom stereocenters. The van der Waals surface area contributed by atoms with Crippen LogP contribution in [0.15, 0.2) is 43.0 Å². The fourth-order valence-electron chi connectivity index (χ4n) is 1.55. The first kappa shape index (κ1) is 11.6. The first-order chi connectivity index (χ1) is 8.25. The van der Waals surface area contributed by atoms with Gasteiger partial charge in [-0.15, -0.1) is 0 Å². The summed E-state index contributed by atoms with van der Waals surface area (Å²) in [6.07, 6.45) is 5.19. The van der Waals surface area contributed by atoms with Gasteiger partial charge < -0.3 is 5.32 Å². The summed E-state index contributed by atoms with van der Waals surface area (Å²) in [5, 5.41) is 3.39. The average molecular weight is 227 g/mol. The van der Waals surface area contributed by atoms with Gasteiger partial charge in [-0.3, -0.25) is 0 Å². The van der Waals surface area contributed by atoms with E-state index in [9.17, 15) is 0 Å². The number of rotatable bonds is 4. The third-order valence-electron chi connectivity index (χ3n) is 2.49.